The van der Waals surface area contributed by atoms with Crippen LogP contribution in [0.2, 0.25) is 0 Å². The fourth-order valence-corrected chi connectivity index (χ4v) is 4.93. The van der Waals surface area contributed by atoms with E-state index >= 15 is 0 Å². The Kier molecular flexibility index (Phi) is 5.27. The monoisotopic (exact) mass is 417 g/mol. The van der Waals surface area contributed by atoms with Crippen molar-refractivity contribution in [3.63, 3.8) is 0 Å². The van der Waals surface area contributed by atoms with Crippen molar-refractivity contribution in [3.8, 4) is 11.8 Å². The van der Waals surface area contributed by atoms with Gasteiger partial charge in [-0.15, -0.1) is 0 Å². The molecule has 0 spiro atoms. The number of aliphatic hydroxyl groups is 2. The Balaban J connectivity index is 1.49. The Bertz CT molecular complexity index is 1040. The highest BCUT2D eigenvalue weighted by molar-refractivity contribution is 5.97. The van der Waals surface area contributed by atoms with Crippen LogP contribution >= 0.6 is 0 Å². The third-order valence-corrected chi connectivity index (χ3v) is 6.77. The largest absolute Gasteiger partial charge is 0.383 e. The third kappa shape index (κ3) is 3.97. The van der Waals surface area contributed by atoms with E-state index in [2.05, 4.69) is 16.7 Å². The highest BCUT2D eigenvalue weighted by Gasteiger charge is 2.44. The van der Waals surface area contributed by atoms with E-state index in [1.54, 1.807) is 6.07 Å². The SMILES string of the molecule is O=C1[C@@H](O)CCN1c1ccc(C#C[C@@]2(O)CN3CCC2CC3)c(Cc2ccccc2)n1. The van der Waals surface area contributed by atoms with E-state index in [0.717, 1.165) is 42.8 Å². The number of anilines is 1. The van der Waals surface area contributed by atoms with Crippen molar-refractivity contribution in [2.75, 3.05) is 31.1 Å². The molecule has 0 saturated carbocycles. The first-order valence-electron chi connectivity index (χ1n) is 11.0. The Morgan fingerprint density at radius 2 is 1.84 bits per heavy atom. The molecule has 1 aromatic heterocycles. The number of hydrogen-bond donors (Lipinski definition) is 2. The highest BCUT2D eigenvalue weighted by atomic mass is 16.3. The van der Waals surface area contributed by atoms with Gasteiger partial charge in [0, 0.05) is 37.4 Å². The van der Waals surface area contributed by atoms with Gasteiger partial charge in [0.1, 0.15) is 17.5 Å². The van der Waals surface area contributed by atoms with Gasteiger partial charge in [-0.3, -0.25) is 14.6 Å². The molecule has 2 bridgehead atoms. The van der Waals surface area contributed by atoms with E-state index in [1.807, 2.05) is 36.4 Å². The number of carbonyl (C=O) groups excluding carboxylic acids is 1. The van der Waals surface area contributed by atoms with Gasteiger partial charge in [-0.05, 0) is 43.6 Å². The molecule has 2 aromatic rings. The van der Waals surface area contributed by atoms with Crippen molar-refractivity contribution in [3.05, 3.63) is 59.3 Å². The fraction of sp³-hybridized carbons (Fsp3) is 0.440. The summed E-state index contributed by atoms with van der Waals surface area (Å²) in [4.78, 5) is 20.9. The van der Waals surface area contributed by atoms with Crippen LogP contribution in [0, 0.1) is 17.8 Å². The molecule has 5 heterocycles. The summed E-state index contributed by atoms with van der Waals surface area (Å²) in [6, 6.07) is 13.7. The summed E-state index contributed by atoms with van der Waals surface area (Å²) in [6.45, 7) is 3.14. The molecule has 4 aliphatic heterocycles. The smallest absolute Gasteiger partial charge is 0.257 e. The Morgan fingerprint density at radius 3 is 2.48 bits per heavy atom. The Labute approximate surface area is 182 Å². The van der Waals surface area contributed by atoms with E-state index in [9.17, 15) is 15.0 Å². The Morgan fingerprint density at radius 1 is 1.06 bits per heavy atom. The number of aliphatic hydroxyl groups excluding tert-OH is 1. The first kappa shape index (κ1) is 20.2. The van der Waals surface area contributed by atoms with Crippen LogP contribution in [0.25, 0.3) is 0 Å². The number of benzene rings is 1. The second kappa shape index (κ2) is 8.08. The first-order valence-corrected chi connectivity index (χ1v) is 11.0. The lowest BCUT2D eigenvalue weighted by atomic mass is 9.75. The minimum absolute atomic E-state index is 0.221. The highest BCUT2D eigenvalue weighted by Crippen LogP contribution is 2.35. The maximum Gasteiger partial charge on any atom is 0.257 e. The van der Waals surface area contributed by atoms with Crippen LogP contribution in [0.15, 0.2) is 42.5 Å². The number of fused-ring (bicyclic) bond motifs is 3. The van der Waals surface area contributed by atoms with Gasteiger partial charge in [0.25, 0.3) is 5.91 Å². The predicted octanol–water partition coefficient (Wildman–Crippen LogP) is 1.58. The summed E-state index contributed by atoms with van der Waals surface area (Å²) >= 11 is 0. The molecule has 0 radical (unpaired) electrons. The van der Waals surface area contributed by atoms with Crippen LogP contribution in [0.3, 0.4) is 0 Å². The average molecular weight is 418 g/mol. The number of piperidine rings is 3. The van der Waals surface area contributed by atoms with Crippen molar-refractivity contribution in [2.24, 2.45) is 5.92 Å². The Hall–Kier alpha value is -2.72. The minimum atomic E-state index is -0.978. The van der Waals surface area contributed by atoms with Gasteiger partial charge in [0.2, 0.25) is 0 Å². The standard InChI is InChI=1S/C25H27N3O3/c29-22-11-15-28(24(22)30)23-7-6-19(21(26-23)16-18-4-2-1-3-5-18)8-12-25(31)17-27-13-9-20(25)10-14-27/h1-7,20,22,29,31H,9-11,13-17H2/t22-,25+/m0/s1. The van der Waals surface area contributed by atoms with Gasteiger partial charge in [0.15, 0.2) is 0 Å². The van der Waals surface area contributed by atoms with Crippen LogP contribution < -0.4 is 4.90 Å². The summed E-state index contributed by atoms with van der Waals surface area (Å²) in [5.41, 5.74) is 1.67. The average Bonchev–Trinajstić information content (AvgIpc) is 3.12. The number of nitrogens with zero attached hydrogens (tertiary/aromatic N) is 3. The number of carbonyl (C=O) groups is 1. The molecule has 6 heteroatoms. The topological polar surface area (TPSA) is 76.9 Å². The lowest BCUT2D eigenvalue weighted by molar-refractivity contribution is -0.124. The quantitative estimate of drug-likeness (QED) is 0.742. The summed E-state index contributed by atoms with van der Waals surface area (Å²) in [7, 11) is 0. The number of amides is 1. The van der Waals surface area contributed by atoms with Gasteiger partial charge in [-0.2, -0.15) is 0 Å². The van der Waals surface area contributed by atoms with Crippen molar-refractivity contribution in [2.45, 2.75) is 37.4 Å². The summed E-state index contributed by atoms with van der Waals surface area (Å²) in [6.07, 6.45) is 2.01. The van der Waals surface area contributed by atoms with Gasteiger partial charge >= 0.3 is 0 Å². The minimum Gasteiger partial charge on any atom is -0.383 e. The van der Waals surface area contributed by atoms with E-state index < -0.39 is 11.7 Å². The summed E-state index contributed by atoms with van der Waals surface area (Å²) in [5, 5.41) is 21.0. The molecule has 4 fully saturated rings. The van der Waals surface area contributed by atoms with Gasteiger partial charge in [0.05, 0.1) is 5.69 Å². The molecule has 2 atom stereocenters. The van der Waals surface area contributed by atoms with Crippen LogP contribution in [-0.4, -0.2) is 63.9 Å². The number of rotatable bonds is 3. The van der Waals surface area contributed by atoms with Crippen LogP contribution in [0.5, 0.6) is 0 Å². The van der Waals surface area contributed by atoms with Gasteiger partial charge < -0.3 is 10.2 Å². The number of pyridine rings is 1. The molecule has 4 aliphatic rings. The second-order valence-electron chi connectivity index (χ2n) is 8.85. The maximum absolute atomic E-state index is 12.3. The van der Waals surface area contributed by atoms with Gasteiger partial charge in [-0.1, -0.05) is 42.2 Å². The molecule has 0 aliphatic carbocycles. The lowest BCUT2D eigenvalue weighted by Gasteiger charge is -2.47. The van der Waals surface area contributed by atoms with Crippen molar-refractivity contribution >= 4 is 11.7 Å². The second-order valence-corrected chi connectivity index (χ2v) is 8.85. The zero-order valence-corrected chi connectivity index (χ0v) is 17.5. The molecule has 6 nitrogen and oxygen atoms in total. The van der Waals surface area contributed by atoms with Gasteiger partial charge in [-0.25, -0.2) is 4.98 Å². The van der Waals surface area contributed by atoms with Crippen LogP contribution in [0.4, 0.5) is 5.82 Å². The molecule has 160 valence electrons. The predicted molar refractivity (Wildman–Crippen MR) is 117 cm³/mol. The molecular formula is C25H27N3O3. The number of hydrogen-bond acceptors (Lipinski definition) is 5. The maximum atomic E-state index is 12.3. The zero-order valence-electron chi connectivity index (χ0n) is 17.5. The summed E-state index contributed by atoms with van der Waals surface area (Å²) < 4.78 is 0. The number of aromatic nitrogens is 1. The molecule has 6 rings (SSSR count). The molecule has 31 heavy (non-hydrogen) atoms. The molecule has 4 saturated heterocycles. The van der Waals surface area contributed by atoms with Crippen LogP contribution in [0.1, 0.15) is 36.1 Å². The first-order chi connectivity index (χ1) is 15.0. The van der Waals surface area contributed by atoms with E-state index in [1.165, 1.54) is 4.90 Å². The van der Waals surface area contributed by atoms with E-state index in [-0.39, 0.29) is 11.8 Å². The normalized spacial score (nSPS) is 29.7. The van der Waals surface area contributed by atoms with E-state index in [4.69, 9.17) is 4.98 Å². The summed E-state index contributed by atoms with van der Waals surface area (Å²) in [5.74, 6) is 6.86. The lowest BCUT2D eigenvalue weighted by Crippen LogP contribution is -2.58. The molecular weight excluding hydrogens is 390 g/mol. The fourth-order valence-electron chi connectivity index (χ4n) is 4.93. The van der Waals surface area contributed by atoms with Crippen molar-refractivity contribution in [1.82, 2.24) is 9.88 Å². The van der Waals surface area contributed by atoms with Crippen LogP contribution in [-0.2, 0) is 11.2 Å². The molecule has 2 N–H and O–H groups in total. The van der Waals surface area contributed by atoms with E-state index in [0.29, 0.717) is 31.7 Å². The molecule has 1 amide bonds. The molecule has 0 unspecified atom stereocenters. The van der Waals surface area contributed by atoms with Crippen molar-refractivity contribution < 1.29 is 15.0 Å². The zero-order chi connectivity index (χ0) is 21.4. The third-order valence-electron chi connectivity index (χ3n) is 6.77. The van der Waals surface area contributed by atoms with Crippen molar-refractivity contribution in [1.29, 1.82) is 0 Å². The molecule has 1 aromatic carbocycles.